The largest absolute Gasteiger partial charge is 0.192 e. The monoisotopic (exact) mass is 332 g/mol. The zero-order valence-electron chi connectivity index (χ0n) is 8.17. The van der Waals surface area contributed by atoms with Crippen molar-refractivity contribution in [1.82, 2.24) is 0 Å². The molecule has 0 heterocycles. The Labute approximate surface area is 121 Å². The number of rotatable bonds is 7. The zero-order chi connectivity index (χ0) is 11.9. The maximum atomic E-state index is 6.00. The van der Waals surface area contributed by atoms with E-state index in [9.17, 15) is 0 Å². The first-order chi connectivity index (χ1) is 6.85. The van der Waals surface area contributed by atoms with Crippen molar-refractivity contribution in [2.24, 2.45) is 0 Å². The van der Waals surface area contributed by atoms with Crippen molar-refractivity contribution < 1.29 is 0 Å². The minimum atomic E-state index is -1.25. The van der Waals surface area contributed by atoms with E-state index in [4.69, 9.17) is 69.6 Å². The van der Waals surface area contributed by atoms with Gasteiger partial charge in [0.25, 0.3) is 0 Å². The average Bonchev–Trinajstić information content (AvgIpc) is 2.09. The number of alkyl halides is 6. The van der Waals surface area contributed by atoms with Crippen molar-refractivity contribution in [3.05, 3.63) is 0 Å². The summed E-state index contributed by atoms with van der Waals surface area (Å²) in [7, 11) is 0. The average molecular weight is 335 g/mol. The summed E-state index contributed by atoms with van der Waals surface area (Å²) in [5.74, 6) is 0.486. The Morgan fingerprint density at radius 1 is 0.867 bits per heavy atom. The van der Waals surface area contributed by atoms with Crippen LogP contribution in [0.25, 0.3) is 0 Å². The van der Waals surface area contributed by atoms with Gasteiger partial charge in [-0.25, -0.2) is 0 Å². The molecule has 0 amide bonds. The second-order valence-electron chi connectivity index (χ2n) is 3.45. The standard InChI is InChI=1S/C9H14Cl6/c10-6-8(12)4-2-1-3-7(11)5-9(13,14)15/h7-8H,1-6H2. The van der Waals surface area contributed by atoms with E-state index in [2.05, 4.69) is 0 Å². The van der Waals surface area contributed by atoms with E-state index in [1.807, 2.05) is 0 Å². The Hall–Kier alpha value is 1.74. The second kappa shape index (κ2) is 8.78. The Morgan fingerprint density at radius 3 is 1.73 bits per heavy atom. The van der Waals surface area contributed by atoms with Crippen molar-refractivity contribution in [2.45, 2.75) is 46.7 Å². The number of halogens is 6. The van der Waals surface area contributed by atoms with E-state index in [0.717, 1.165) is 25.7 Å². The minimum Gasteiger partial charge on any atom is -0.125 e. The fourth-order valence-electron chi connectivity index (χ4n) is 1.16. The van der Waals surface area contributed by atoms with Crippen LogP contribution in [0.2, 0.25) is 0 Å². The van der Waals surface area contributed by atoms with Gasteiger partial charge in [-0.05, 0) is 12.8 Å². The summed E-state index contributed by atoms with van der Waals surface area (Å²) in [5, 5.41) is -0.0455. The van der Waals surface area contributed by atoms with Gasteiger partial charge in [0.15, 0.2) is 3.79 Å². The lowest BCUT2D eigenvalue weighted by Gasteiger charge is -2.15. The summed E-state index contributed by atoms with van der Waals surface area (Å²) in [6.07, 6.45) is 4.10. The first kappa shape index (κ1) is 16.7. The van der Waals surface area contributed by atoms with E-state index >= 15 is 0 Å². The molecule has 0 aliphatic carbocycles. The summed E-state index contributed by atoms with van der Waals surface area (Å²) in [4.78, 5) is 0. The molecule has 0 aliphatic heterocycles. The molecule has 0 bridgehead atoms. The van der Waals surface area contributed by atoms with Crippen LogP contribution in [0.15, 0.2) is 0 Å². The predicted molar refractivity (Wildman–Crippen MR) is 73.4 cm³/mol. The lowest BCUT2D eigenvalue weighted by atomic mass is 10.1. The van der Waals surface area contributed by atoms with E-state index in [1.54, 1.807) is 0 Å². The van der Waals surface area contributed by atoms with Crippen LogP contribution in [0, 0.1) is 0 Å². The van der Waals surface area contributed by atoms with Crippen LogP contribution >= 0.6 is 69.6 Å². The topological polar surface area (TPSA) is 0 Å². The van der Waals surface area contributed by atoms with Gasteiger partial charge in [0.1, 0.15) is 0 Å². The Balaban J connectivity index is 3.43. The van der Waals surface area contributed by atoms with Gasteiger partial charge in [-0.2, -0.15) is 0 Å². The normalized spacial score (nSPS) is 16.4. The van der Waals surface area contributed by atoms with Crippen LogP contribution in [0.3, 0.4) is 0 Å². The van der Waals surface area contributed by atoms with Gasteiger partial charge < -0.3 is 0 Å². The molecule has 0 aliphatic rings. The SMILES string of the molecule is ClCC(Cl)CCCCC(Cl)CC(Cl)(Cl)Cl. The number of hydrogen-bond donors (Lipinski definition) is 0. The fourth-order valence-corrected chi connectivity index (χ4v) is 2.65. The van der Waals surface area contributed by atoms with E-state index < -0.39 is 3.79 Å². The van der Waals surface area contributed by atoms with Crippen molar-refractivity contribution in [2.75, 3.05) is 5.88 Å². The van der Waals surface area contributed by atoms with Crippen molar-refractivity contribution >= 4 is 69.6 Å². The summed E-state index contributed by atoms with van der Waals surface area (Å²) in [5.41, 5.74) is 0. The molecular weight excluding hydrogens is 321 g/mol. The quantitative estimate of drug-likeness (QED) is 0.410. The third-order valence-electron chi connectivity index (χ3n) is 1.91. The molecule has 2 atom stereocenters. The zero-order valence-corrected chi connectivity index (χ0v) is 12.7. The molecule has 15 heavy (non-hydrogen) atoms. The summed E-state index contributed by atoms with van der Waals surface area (Å²) < 4.78 is -1.25. The highest BCUT2D eigenvalue weighted by molar-refractivity contribution is 6.67. The van der Waals surface area contributed by atoms with Gasteiger partial charge in [0.2, 0.25) is 0 Å². The van der Waals surface area contributed by atoms with Gasteiger partial charge in [-0.3, -0.25) is 0 Å². The summed E-state index contributed by atoms with van der Waals surface area (Å²) in [6, 6.07) is 0. The maximum absolute atomic E-state index is 6.00. The molecular formula is C9H14Cl6. The third kappa shape index (κ3) is 12.0. The van der Waals surface area contributed by atoms with E-state index in [0.29, 0.717) is 12.3 Å². The van der Waals surface area contributed by atoms with Crippen LogP contribution in [0.4, 0.5) is 0 Å². The molecule has 0 aromatic carbocycles. The van der Waals surface area contributed by atoms with Gasteiger partial charge in [-0.1, -0.05) is 47.6 Å². The predicted octanol–water partition coefficient (Wildman–Crippen LogP) is 5.76. The van der Waals surface area contributed by atoms with Gasteiger partial charge >= 0.3 is 0 Å². The molecule has 0 rings (SSSR count). The molecule has 2 unspecified atom stereocenters. The molecule has 0 aromatic rings. The molecule has 0 saturated heterocycles. The van der Waals surface area contributed by atoms with Crippen LogP contribution in [-0.2, 0) is 0 Å². The molecule has 0 radical (unpaired) electrons. The third-order valence-corrected chi connectivity index (χ3v) is 3.64. The second-order valence-corrected chi connectivity index (χ2v) is 7.51. The van der Waals surface area contributed by atoms with Gasteiger partial charge in [0.05, 0.1) is 0 Å². The van der Waals surface area contributed by atoms with Gasteiger partial charge in [0, 0.05) is 23.1 Å². The maximum Gasteiger partial charge on any atom is 0.192 e. The summed E-state index contributed by atoms with van der Waals surface area (Å²) in [6.45, 7) is 0. The minimum absolute atomic E-state index is 0.0496. The van der Waals surface area contributed by atoms with Crippen LogP contribution in [0.5, 0.6) is 0 Å². The van der Waals surface area contributed by atoms with Crippen molar-refractivity contribution in [3.63, 3.8) is 0 Å². The van der Waals surface area contributed by atoms with Gasteiger partial charge in [-0.15, -0.1) is 34.8 Å². The van der Waals surface area contributed by atoms with Crippen LogP contribution in [0.1, 0.15) is 32.1 Å². The highest BCUT2D eigenvalue weighted by Gasteiger charge is 2.23. The molecule has 0 nitrogen and oxygen atoms in total. The highest BCUT2D eigenvalue weighted by Crippen LogP contribution is 2.34. The molecule has 92 valence electrons. The molecule has 0 fully saturated rings. The Kier molecular flexibility index (Phi) is 9.79. The number of hydrogen-bond acceptors (Lipinski definition) is 0. The molecule has 6 heteroatoms. The van der Waals surface area contributed by atoms with Crippen molar-refractivity contribution in [1.29, 1.82) is 0 Å². The van der Waals surface area contributed by atoms with Crippen LogP contribution in [-0.4, -0.2) is 20.4 Å². The first-order valence-electron chi connectivity index (χ1n) is 4.76. The van der Waals surface area contributed by atoms with Crippen molar-refractivity contribution in [3.8, 4) is 0 Å². The van der Waals surface area contributed by atoms with E-state index in [-0.39, 0.29) is 10.8 Å². The number of unbranched alkanes of at least 4 members (excludes halogenated alkanes) is 1. The Bertz CT molecular complexity index is 155. The van der Waals surface area contributed by atoms with E-state index in [1.165, 1.54) is 0 Å². The molecule has 0 N–H and O–H groups in total. The lowest BCUT2D eigenvalue weighted by molar-refractivity contribution is 0.601. The molecule has 0 aromatic heterocycles. The smallest absolute Gasteiger partial charge is 0.125 e. The summed E-state index contributed by atoms with van der Waals surface area (Å²) >= 11 is 34.3. The lowest BCUT2D eigenvalue weighted by Crippen LogP contribution is -2.11. The molecule has 0 spiro atoms. The molecule has 0 saturated carbocycles. The highest BCUT2D eigenvalue weighted by atomic mass is 35.6. The first-order valence-corrected chi connectivity index (χ1v) is 7.30. The van der Waals surface area contributed by atoms with Crippen LogP contribution < -0.4 is 0 Å². The Morgan fingerprint density at radius 2 is 1.33 bits per heavy atom. The fraction of sp³-hybridized carbons (Fsp3) is 1.00.